The van der Waals surface area contributed by atoms with Crippen molar-refractivity contribution >= 4 is 0 Å². The minimum atomic E-state index is 0. The summed E-state index contributed by atoms with van der Waals surface area (Å²) in [6.07, 6.45) is 4.43. The van der Waals surface area contributed by atoms with Gasteiger partial charge in [0.2, 0.25) is 0 Å². The Balaban J connectivity index is 0. The Kier molecular flexibility index (Phi) is 7.92. The Hall–Kier alpha value is -0.0400. The fourth-order valence-electron chi connectivity index (χ4n) is 0.902. The third kappa shape index (κ3) is 4.46. The van der Waals surface area contributed by atoms with Crippen LogP contribution in [0.1, 0.15) is 41.0 Å². The second-order valence-corrected chi connectivity index (χ2v) is 2.18. The van der Waals surface area contributed by atoms with Crippen molar-refractivity contribution in [2.45, 2.75) is 47.1 Å². The van der Waals surface area contributed by atoms with Crippen molar-refractivity contribution < 1.29 is 4.74 Å². The standard InChI is InChI=1S/C6H12O.2CH4/c1-6-4-2-3-5-7-6;;/h6H,2-5H2,1H3;2*1H4. The lowest BCUT2D eigenvalue weighted by atomic mass is 10.1. The van der Waals surface area contributed by atoms with E-state index in [1.165, 1.54) is 19.3 Å². The predicted molar refractivity (Wildman–Crippen MR) is 42.7 cm³/mol. The zero-order valence-electron chi connectivity index (χ0n) is 4.81. The van der Waals surface area contributed by atoms with Gasteiger partial charge in [0.1, 0.15) is 0 Å². The zero-order valence-corrected chi connectivity index (χ0v) is 4.81. The summed E-state index contributed by atoms with van der Waals surface area (Å²) < 4.78 is 5.28. The molecule has 0 amide bonds. The summed E-state index contributed by atoms with van der Waals surface area (Å²) in [7, 11) is 0. The van der Waals surface area contributed by atoms with Crippen molar-refractivity contribution in [1.29, 1.82) is 0 Å². The molecule has 1 rings (SSSR count). The minimum Gasteiger partial charge on any atom is -0.379 e. The van der Waals surface area contributed by atoms with E-state index in [1.807, 2.05) is 0 Å². The van der Waals surface area contributed by atoms with Crippen LogP contribution in [0.4, 0.5) is 0 Å². The monoisotopic (exact) mass is 132 g/mol. The fourth-order valence-corrected chi connectivity index (χ4v) is 0.902. The number of hydrogen-bond donors (Lipinski definition) is 0. The van der Waals surface area contributed by atoms with E-state index in [4.69, 9.17) is 4.74 Å². The van der Waals surface area contributed by atoms with Crippen molar-refractivity contribution in [1.82, 2.24) is 0 Å². The molecule has 0 aliphatic carbocycles. The summed E-state index contributed by atoms with van der Waals surface area (Å²) in [5, 5.41) is 0. The van der Waals surface area contributed by atoms with Gasteiger partial charge >= 0.3 is 0 Å². The van der Waals surface area contributed by atoms with Gasteiger partial charge in [0.05, 0.1) is 6.10 Å². The first-order valence-electron chi connectivity index (χ1n) is 3.01. The molecule has 58 valence electrons. The minimum absolute atomic E-state index is 0. The third-order valence-electron chi connectivity index (χ3n) is 1.41. The molecule has 1 atom stereocenters. The van der Waals surface area contributed by atoms with Gasteiger partial charge in [-0.25, -0.2) is 0 Å². The van der Waals surface area contributed by atoms with Crippen LogP contribution in [-0.4, -0.2) is 12.7 Å². The summed E-state index contributed by atoms with van der Waals surface area (Å²) in [4.78, 5) is 0. The molecule has 1 fully saturated rings. The van der Waals surface area contributed by atoms with E-state index in [0.717, 1.165) is 6.61 Å². The smallest absolute Gasteiger partial charge is 0.0547 e. The lowest BCUT2D eigenvalue weighted by molar-refractivity contribution is 0.0285. The molecule has 0 aromatic heterocycles. The van der Waals surface area contributed by atoms with Gasteiger partial charge in [0.15, 0.2) is 0 Å². The first-order valence-corrected chi connectivity index (χ1v) is 3.01. The van der Waals surface area contributed by atoms with Crippen LogP contribution in [0.5, 0.6) is 0 Å². The lowest BCUT2D eigenvalue weighted by Gasteiger charge is -2.17. The number of ether oxygens (including phenoxy) is 1. The third-order valence-corrected chi connectivity index (χ3v) is 1.41. The molecular formula is C8H20O. The second kappa shape index (κ2) is 6.09. The highest BCUT2D eigenvalue weighted by Crippen LogP contribution is 2.10. The molecule has 1 aliphatic heterocycles. The van der Waals surface area contributed by atoms with Crippen LogP contribution >= 0.6 is 0 Å². The van der Waals surface area contributed by atoms with Gasteiger partial charge in [-0.15, -0.1) is 0 Å². The van der Waals surface area contributed by atoms with E-state index in [9.17, 15) is 0 Å². The normalized spacial score (nSPS) is 25.7. The molecule has 1 heteroatoms. The first kappa shape index (κ1) is 11.7. The van der Waals surface area contributed by atoms with Crippen molar-refractivity contribution in [2.24, 2.45) is 0 Å². The highest BCUT2D eigenvalue weighted by Gasteiger charge is 2.05. The highest BCUT2D eigenvalue weighted by molar-refractivity contribution is 4.55. The average molecular weight is 132 g/mol. The van der Waals surface area contributed by atoms with E-state index in [0.29, 0.717) is 6.10 Å². The molecule has 0 saturated carbocycles. The van der Waals surface area contributed by atoms with Crippen molar-refractivity contribution in [3.63, 3.8) is 0 Å². The molecule has 0 radical (unpaired) electrons. The molecule has 1 unspecified atom stereocenters. The Bertz CT molecular complexity index is 46.5. The molecule has 1 heterocycles. The predicted octanol–water partition coefficient (Wildman–Crippen LogP) is 2.85. The topological polar surface area (TPSA) is 9.23 Å². The Morgan fingerprint density at radius 2 is 1.89 bits per heavy atom. The van der Waals surface area contributed by atoms with Gasteiger partial charge in [-0.3, -0.25) is 0 Å². The second-order valence-electron chi connectivity index (χ2n) is 2.18. The lowest BCUT2D eigenvalue weighted by Crippen LogP contribution is -2.14. The summed E-state index contributed by atoms with van der Waals surface area (Å²) >= 11 is 0. The van der Waals surface area contributed by atoms with Crippen molar-refractivity contribution in [2.75, 3.05) is 6.61 Å². The summed E-state index contributed by atoms with van der Waals surface area (Å²) in [6.45, 7) is 3.13. The van der Waals surface area contributed by atoms with Crippen molar-refractivity contribution in [3.8, 4) is 0 Å². The molecule has 0 aromatic rings. The largest absolute Gasteiger partial charge is 0.379 e. The molecule has 1 aliphatic rings. The van der Waals surface area contributed by atoms with Gasteiger partial charge in [0, 0.05) is 6.61 Å². The van der Waals surface area contributed by atoms with E-state index >= 15 is 0 Å². The molecule has 0 spiro atoms. The Morgan fingerprint density at radius 1 is 1.22 bits per heavy atom. The average Bonchev–Trinajstić information content (AvgIpc) is 1.69. The van der Waals surface area contributed by atoms with E-state index < -0.39 is 0 Å². The molecule has 0 aromatic carbocycles. The van der Waals surface area contributed by atoms with Crippen LogP contribution in [0, 0.1) is 0 Å². The molecule has 9 heavy (non-hydrogen) atoms. The maximum Gasteiger partial charge on any atom is 0.0547 e. The Labute approximate surface area is 59.4 Å². The summed E-state index contributed by atoms with van der Waals surface area (Å²) in [6, 6.07) is 0. The van der Waals surface area contributed by atoms with Crippen LogP contribution in [0.15, 0.2) is 0 Å². The zero-order chi connectivity index (χ0) is 5.11. The van der Waals surface area contributed by atoms with Crippen LogP contribution < -0.4 is 0 Å². The van der Waals surface area contributed by atoms with Gasteiger partial charge in [-0.2, -0.15) is 0 Å². The SMILES string of the molecule is C.C.CC1CCCCO1. The number of hydrogen-bond acceptors (Lipinski definition) is 1. The first-order chi connectivity index (χ1) is 3.39. The summed E-state index contributed by atoms with van der Waals surface area (Å²) in [5.41, 5.74) is 0. The van der Waals surface area contributed by atoms with Crippen LogP contribution in [0.3, 0.4) is 0 Å². The van der Waals surface area contributed by atoms with Gasteiger partial charge in [-0.05, 0) is 26.2 Å². The van der Waals surface area contributed by atoms with Crippen LogP contribution in [-0.2, 0) is 4.74 Å². The van der Waals surface area contributed by atoms with Gasteiger partial charge in [0.25, 0.3) is 0 Å². The van der Waals surface area contributed by atoms with Gasteiger partial charge < -0.3 is 4.74 Å². The van der Waals surface area contributed by atoms with Crippen LogP contribution in [0.2, 0.25) is 0 Å². The molecule has 1 nitrogen and oxygen atoms in total. The van der Waals surface area contributed by atoms with Crippen LogP contribution in [0.25, 0.3) is 0 Å². The van der Waals surface area contributed by atoms with Crippen molar-refractivity contribution in [3.05, 3.63) is 0 Å². The molecular weight excluding hydrogens is 112 g/mol. The highest BCUT2D eigenvalue weighted by atomic mass is 16.5. The van der Waals surface area contributed by atoms with Gasteiger partial charge in [-0.1, -0.05) is 14.9 Å². The number of rotatable bonds is 0. The fraction of sp³-hybridized carbons (Fsp3) is 1.00. The summed E-state index contributed by atoms with van der Waals surface area (Å²) in [5.74, 6) is 0. The molecule has 0 N–H and O–H groups in total. The van der Waals surface area contributed by atoms with E-state index in [2.05, 4.69) is 6.92 Å². The van der Waals surface area contributed by atoms with E-state index in [1.54, 1.807) is 0 Å². The molecule has 1 saturated heterocycles. The maximum atomic E-state index is 5.28. The Morgan fingerprint density at radius 3 is 2.11 bits per heavy atom. The maximum absolute atomic E-state index is 5.28. The molecule has 0 bridgehead atoms. The van der Waals surface area contributed by atoms with E-state index in [-0.39, 0.29) is 14.9 Å². The quantitative estimate of drug-likeness (QED) is 0.492.